The number of esters is 1. The molecule has 2 amide bonds. The average Bonchev–Trinajstić information content (AvgIpc) is 3.34. The number of nitrogens with zero attached hydrogens (tertiary/aromatic N) is 3. The molecule has 1 fully saturated rings. The summed E-state index contributed by atoms with van der Waals surface area (Å²) >= 11 is 1.33. The first-order valence-corrected chi connectivity index (χ1v) is 11.4. The van der Waals surface area contributed by atoms with Crippen molar-refractivity contribution < 1.29 is 14.3 Å². The molecule has 0 atom stereocenters. The fourth-order valence-corrected chi connectivity index (χ4v) is 4.95. The molecule has 2 aliphatic heterocycles. The first kappa shape index (κ1) is 20.7. The SMILES string of the molecule is CCOC(=O)Cc1csc(NC(=O)N2CCC(N3CCc4ccc(C)cc43)CC2)n1. The summed E-state index contributed by atoms with van der Waals surface area (Å²) in [5, 5.41) is 5.18. The van der Waals surface area contributed by atoms with E-state index in [1.165, 1.54) is 28.2 Å². The van der Waals surface area contributed by atoms with E-state index >= 15 is 0 Å². The van der Waals surface area contributed by atoms with Gasteiger partial charge in [-0.1, -0.05) is 12.1 Å². The minimum absolute atomic E-state index is 0.122. The second kappa shape index (κ2) is 9.04. The summed E-state index contributed by atoms with van der Waals surface area (Å²) in [5.74, 6) is -0.304. The van der Waals surface area contributed by atoms with Gasteiger partial charge in [0, 0.05) is 36.7 Å². The highest BCUT2D eigenvalue weighted by atomic mass is 32.1. The smallest absolute Gasteiger partial charge is 0.323 e. The van der Waals surface area contributed by atoms with Gasteiger partial charge in [0.2, 0.25) is 0 Å². The van der Waals surface area contributed by atoms with Gasteiger partial charge in [0.05, 0.1) is 18.7 Å². The Morgan fingerprint density at radius 2 is 2.07 bits per heavy atom. The van der Waals surface area contributed by atoms with Gasteiger partial charge >= 0.3 is 12.0 Å². The Balaban J connectivity index is 1.29. The number of aryl methyl sites for hydroxylation is 1. The molecule has 160 valence electrons. The maximum atomic E-state index is 12.6. The monoisotopic (exact) mass is 428 g/mol. The molecule has 0 radical (unpaired) electrons. The van der Waals surface area contributed by atoms with E-state index in [2.05, 4.69) is 40.3 Å². The van der Waals surface area contributed by atoms with Crippen LogP contribution in [-0.4, -0.2) is 54.2 Å². The maximum Gasteiger partial charge on any atom is 0.323 e. The zero-order valence-corrected chi connectivity index (χ0v) is 18.3. The lowest BCUT2D eigenvalue weighted by molar-refractivity contribution is -0.142. The molecule has 4 rings (SSSR count). The highest BCUT2D eigenvalue weighted by molar-refractivity contribution is 7.13. The van der Waals surface area contributed by atoms with Crippen LogP contribution in [0.25, 0.3) is 0 Å². The molecule has 0 aliphatic carbocycles. The summed E-state index contributed by atoms with van der Waals surface area (Å²) in [5.41, 5.74) is 4.72. The summed E-state index contributed by atoms with van der Waals surface area (Å²) in [4.78, 5) is 32.9. The van der Waals surface area contributed by atoms with Crippen molar-refractivity contribution >= 4 is 34.2 Å². The number of anilines is 2. The number of fused-ring (bicyclic) bond motifs is 1. The number of nitrogens with one attached hydrogen (secondary N) is 1. The third-order valence-corrected chi connectivity index (χ3v) is 6.57. The molecule has 1 aromatic heterocycles. The van der Waals surface area contributed by atoms with E-state index in [1.54, 1.807) is 12.3 Å². The first-order valence-electron chi connectivity index (χ1n) is 10.6. The van der Waals surface area contributed by atoms with Crippen LogP contribution < -0.4 is 10.2 Å². The summed E-state index contributed by atoms with van der Waals surface area (Å²) in [7, 11) is 0. The molecule has 2 aromatic rings. The minimum Gasteiger partial charge on any atom is -0.466 e. The fraction of sp³-hybridized carbons (Fsp3) is 0.500. The Labute approximate surface area is 181 Å². The van der Waals surface area contributed by atoms with Gasteiger partial charge in [-0.05, 0) is 50.3 Å². The number of ether oxygens (including phenoxy) is 1. The summed E-state index contributed by atoms with van der Waals surface area (Å²) in [6.45, 7) is 6.80. The van der Waals surface area contributed by atoms with Crippen molar-refractivity contribution in [2.45, 2.75) is 45.6 Å². The van der Waals surface area contributed by atoms with Crippen LogP contribution in [0.3, 0.4) is 0 Å². The van der Waals surface area contributed by atoms with Crippen LogP contribution in [0.5, 0.6) is 0 Å². The number of piperidine rings is 1. The molecule has 8 heteroatoms. The molecule has 1 aromatic carbocycles. The number of likely N-dealkylation sites (tertiary alicyclic amines) is 1. The van der Waals surface area contributed by atoms with Crippen LogP contribution >= 0.6 is 11.3 Å². The van der Waals surface area contributed by atoms with Gasteiger partial charge in [-0.15, -0.1) is 11.3 Å². The summed E-state index contributed by atoms with van der Waals surface area (Å²) < 4.78 is 4.94. The molecule has 1 saturated heterocycles. The van der Waals surface area contributed by atoms with Crippen LogP contribution in [-0.2, 0) is 22.4 Å². The Hall–Kier alpha value is -2.61. The molecule has 7 nitrogen and oxygen atoms in total. The van der Waals surface area contributed by atoms with E-state index in [9.17, 15) is 9.59 Å². The molecule has 0 saturated carbocycles. The van der Waals surface area contributed by atoms with Gasteiger partial charge in [-0.3, -0.25) is 10.1 Å². The number of urea groups is 1. The van der Waals surface area contributed by atoms with E-state index in [0.29, 0.717) is 23.5 Å². The lowest BCUT2D eigenvalue weighted by atomic mass is 10.0. The number of rotatable bonds is 5. The number of aromatic nitrogens is 1. The first-order chi connectivity index (χ1) is 14.5. The summed E-state index contributed by atoms with van der Waals surface area (Å²) in [6, 6.07) is 7.08. The second-order valence-corrected chi connectivity index (χ2v) is 8.71. The van der Waals surface area contributed by atoms with Gasteiger partial charge in [0.1, 0.15) is 0 Å². The Morgan fingerprint density at radius 3 is 2.83 bits per heavy atom. The van der Waals surface area contributed by atoms with Gasteiger partial charge in [0.25, 0.3) is 0 Å². The van der Waals surface area contributed by atoms with Crippen molar-refractivity contribution in [1.82, 2.24) is 9.88 Å². The minimum atomic E-state index is -0.304. The number of carbonyl (C=O) groups excluding carboxylic acids is 2. The Morgan fingerprint density at radius 1 is 1.27 bits per heavy atom. The van der Waals surface area contributed by atoms with Crippen LogP contribution in [0.15, 0.2) is 23.6 Å². The number of hydrogen-bond acceptors (Lipinski definition) is 6. The quantitative estimate of drug-likeness (QED) is 0.737. The zero-order valence-electron chi connectivity index (χ0n) is 17.5. The number of carbonyl (C=O) groups is 2. The standard InChI is InChI=1S/C22H28N4O3S/c1-3-29-20(27)13-17-14-30-21(23-17)24-22(28)25-9-7-18(8-10-25)26-11-6-16-5-4-15(2)12-19(16)26/h4-5,12,14,18H,3,6-11,13H2,1-2H3,(H,23,24,28). The van der Waals surface area contributed by atoms with E-state index < -0.39 is 0 Å². The number of thiazole rings is 1. The molecule has 0 unspecified atom stereocenters. The highest BCUT2D eigenvalue weighted by Gasteiger charge is 2.30. The lowest BCUT2D eigenvalue weighted by Crippen LogP contribution is -2.47. The van der Waals surface area contributed by atoms with Crippen LogP contribution in [0.4, 0.5) is 15.6 Å². The van der Waals surface area contributed by atoms with Gasteiger partial charge < -0.3 is 14.5 Å². The predicted molar refractivity (Wildman–Crippen MR) is 118 cm³/mol. The van der Waals surface area contributed by atoms with Crippen LogP contribution in [0.1, 0.15) is 36.6 Å². The molecular weight excluding hydrogens is 400 g/mol. The van der Waals surface area contributed by atoms with Crippen molar-refractivity contribution in [3.8, 4) is 0 Å². The molecule has 0 bridgehead atoms. The Bertz CT molecular complexity index is 921. The van der Waals surface area contributed by atoms with Gasteiger partial charge in [-0.2, -0.15) is 0 Å². The molecule has 2 aliphatic rings. The number of amides is 2. The predicted octanol–water partition coefficient (Wildman–Crippen LogP) is 3.62. The van der Waals surface area contributed by atoms with Crippen molar-refractivity contribution in [3.63, 3.8) is 0 Å². The van der Waals surface area contributed by atoms with Crippen molar-refractivity contribution in [3.05, 3.63) is 40.4 Å². The van der Waals surface area contributed by atoms with E-state index in [-0.39, 0.29) is 18.4 Å². The highest BCUT2D eigenvalue weighted by Crippen LogP contribution is 2.33. The van der Waals surface area contributed by atoms with Crippen molar-refractivity contribution in [1.29, 1.82) is 0 Å². The third kappa shape index (κ3) is 4.59. The third-order valence-electron chi connectivity index (χ3n) is 5.76. The van der Waals surface area contributed by atoms with E-state index in [1.807, 2.05) is 4.90 Å². The molecule has 0 spiro atoms. The van der Waals surface area contributed by atoms with Crippen LogP contribution in [0.2, 0.25) is 0 Å². The zero-order chi connectivity index (χ0) is 21.1. The second-order valence-electron chi connectivity index (χ2n) is 7.85. The average molecular weight is 429 g/mol. The van der Waals surface area contributed by atoms with E-state index in [4.69, 9.17) is 4.74 Å². The van der Waals surface area contributed by atoms with Crippen molar-refractivity contribution in [2.24, 2.45) is 0 Å². The fourth-order valence-electron chi connectivity index (χ4n) is 4.25. The molecular formula is C22H28N4O3S. The number of hydrogen-bond donors (Lipinski definition) is 1. The van der Waals surface area contributed by atoms with Gasteiger partial charge in [-0.25, -0.2) is 9.78 Å². The maximum absolute atomic E-state index is 12.6. The molecule has 1 N–H and O–H groups in total. The number of benzene rings is 1. The van der Waals surface area contributed by atoms with Crippen molar-refractivity contribution in [2.75, 3.05) is 36.5 Å². The topological polar surface area (TPSA) is 74.8 Å². The summed E-state index contributed by atoms with van der Waals surface area (Å²) in [6.07, 6.45) is 3.16. The largest absolute Gasteiger partial charge is 0.466 e. The normalized spacial score (nSPS) is 16.5. The Kier molecular flexibility index (Phi) is 6.22. The van der Waals surface area contributed by atoms with E-state index in [0.717, 1.165) is 38.9 Å². The van der Waals surface area contributed by atoms with Crippen LogP contribution in [0, 0.1) is 6.92 Å². The lowest BCUT2D eigenvalue weighted by Gasteiger charge is -2.38. The molecule has 30 heavy (non-hydrogen) atoms. The molecule has 3 heterocycles. The van der Waals surface area contributed by atoms with Gasteiger partial charge in [0.15, 0.2) is 5.13 Å².